The van der Waals surface area contributed by atoms with Gasteiger partial charge in [0.25, 0.3) is 0 Å². The van der Waals surface area contributed by atoms with Crippen molar-refractivity contribution in [2.24, 2.45) is 0 Å². The third-order valence-corrected chi connectivity index (χ3v) is 7.20. The highest BCUT2D eigenvalue weighted by atomic mass is 15.0. The highest BCUT2D eigenvalue weighted by Crippen LogP contribution is 2.38. The summed E-state index contributed by atoms with van der Waals surface area (Å²) in [6.45, 7) is 4.16. The zero-order valence-electron chi connectivity index (χ0n) is 20.8. The first-order chi connectivity index (χ1) is 18.8. The van der Waals surface area contributed by atoms with Gasteiger partial charge >= 0.3 is 0 Å². The number of rotatable bonds is 5. The lowest BCUT2D eigenvalue weighted by atomic mass is 9.99. The fourth-order valence-electron chi connectivity index (χ4n) is 5.41. The second kappa shape index (κ2) is 9.06. The van der Waals surface area contributed by atoms with Crippen molar-refractivity contribution in [1.29, 1.82) is 0 Å². The maximum atomic E-state index is 4.51. The predicted octanol–water partition coefficient (Wildman–Crippen LogP) is 9.39. The molecule has 0 radical (unpaired) electrons. The SMILES string of the molecule is C=Cc1c(Nc2ccccc2)ccc2cc3c(cc12)c1ccccc1n3-c1ccc(-c2ccccn2)cc1. The molecule has 7 aromatic rings. The number of fused-ring (bicyclic) bond motifs is 4. The largest absolute Gasteiger partial charge is 0.355 e. The molecule has 0 unspecified atom stereocenters. The van der Waals surface area contributed by atoms with Crippen LogP contribution >= 0.6 is 0 Å². The van der Waals surface area contributed by atoms with E-state index in [4.69, 9.17) is 0 Å². The first-order valence-corrected chi connectivity index (χ1v) is 12.8. The highest BCUT2D eigenvalue weighted by molar-refractivity contribution is 6.15. The van der Waals surface area contributed by atoms with Gasteiger partial charge in [0.1, 0.15) is 0 Å². The Morgan fingerprint density at radius 1 is 0.658 bits per heavy atom. The molecule has 2 heterocycles. The molecule has 0 atom stereocenters. The van der Waals surface area contributed by atoms with Crippen LogP contribution in [0.1, 0.15) is 5.56 Å². The molecular weight excluding hydrogens is 462 g/mol. The van der Waals surface area contributed by atoms with Crippen LogP contribution in [0.2, 0.25) is 0 Å². The van der Waals surface area contributed by atoms with E-state index in [1.54, 1.807) is 0 Å². The number of benzene rings is 5. The highest BCUT2D eigenvalue weighted by Gasteiger charge is 2.15. The van der Waals surface area contributed by atoms with Gasteiger partial charge in [-0.05, 0) is 71.4 Å². The van der Waals surface area contributed by atoms with E-state index >= 15 is 0 Å². The maximum absolute atomic E-state index is 4.51. The van der Waals surface area contributed by atoms with Crippen molar-refractivity contribution in [2.75, 3.05) is 5.32 Å². The Balaban J connectivity index is 1.43. The summed E-state index contributed by atoms with van der Waals surface area (Å²) >= 11 is 0. The van der Waals surface area contributed by atoms with Crippen LogP contribution in [-0.2, 0) is 0 Å². The Kier molecular flexibility index (Phi) is 5.26. The van der Waals surface area contributed by atoms with E-state index < -0.39 is 0 Å². The van der Waals surface area contributed by atoms with E-state index in [1.807, 2.05) is 48.7 Å². The molecule has 0 fully saturated rings. The molecule has 0 spiro atoms. The fraction of sp³-hybridized carbons (Fsp3) is 0. The summed E-state index contributed by atoms with van der Waals surface area (Å²) in [5, 5.41) is 8.39. The van der Waals surface area contributed by atoms with Crippen LogP contribution in [0, 0.1) is 0 Å². The van der Waals surface area contributed by atoms with Crippen LogP contribution in [0.5, 0.6) is 0 Å². The van der Waals surface area contributed by atoms with Gasteiger partial charge in [0.2, 0.25) is 0 Å². The molecule has 2 aromatic heterocycles. The van der Waals surface area contributed by atoms with Crippen molar-refractivity contribution in [1.82, 2.24) is 9.55 Å². The van der Waals surface area contributed by atoms with Crippen LogP contribution in [0.25, 0.3) is 55.6 Å². The number of aromatic nitrogens is 2. The first-order valence-electron chi connectivity index (χ1n) is 12.8. The van der Waals surface area contributed by atoms with E-state index in [2.05, 4.69) is 106 Å². The number of hydrogen-bond donors (Lipinski definition) is 1. The Morgan fingerprint density at radius 3 is 2.24 bits per heavy atom. The van der Waals surface area contributed by atoms with Crippen molar-refractivity contribution in [3.63, 3.8) is 0 Å². The van der Waals surface area contributed by atoms with Crippen LogP contribution < -0.4 is 5.32 Å². The van der Waals surface area contributed by atoms with Gasteiger partial charge in [-0.15, -0.1) is 0 Å². The molecule has 38 heavy (non-hydrogen) atoms. The number of para-hydroxylation sites is 2. The number of anilines is 2. The van der Waals surface area contributed by atoms with Gasteiger partial charge in [-0.2, -0.15) is 0 Å². The van der Waals surface area contributed by atoms with Crippen molar-refractivity contribution in [2.45, 2.75) is 0 Å². The maximum Gasteiger partial charge on any atom is 0.0701 e. The molecule has 0 aliphatic carbocycles. The van der Waals surface area contributed by atoms with Gasteiger partial charge in [0.15, 0.2) is 0 Å². The van der Waals surface area contributed by atoms with E-state index in [9.17, 15) is 0 Å². The molecule has 0 saturated heterocycles. The van der Waals surface area contributed by atoms with Crippen LogP contribution in [-0.4, -0.2) is 9.55 Å². The van der Waals surface area contributed by atoms with Gasteiger partial charge in [-0.3, -0.25) is 4.98 Å². The van der Waals surface area contributed by atoms with Crippen LogP contribution in [0.4, 0.5) is 11.4 Å². The summed E-state index contributed by atoms with van der Waals surface area (Å²) < 4.78 is 2.36. The summed E-state index contributed by atoms with van der Waals surface area (Å²) in [7, 11) is 0. The van der Waals surface area contributed by atoms with Gasteiger partial charge in [0, 0.05) is 45.2 Å². The zero-order chi connectivity index (χ0) is 25.5. The Labute approximate surface area is 221 Å². The van der Waals surface area contributed by atoms with Gasteiger partial charge < -0.3 is 9.88 Å². The van der Waals surface area contributed by atoms with Gasteiger partial charge in [-0.25, -0.2) is 0 Å². The van der Waals surface area contributed by atoms with Crippen molar-refractivity contribution < 1.29 is 0 Å². The molecule has 0 aliphatic rings. The topological polar surface area (TPSA) is 29.9 Å². The quantitative estimate of drug-likeness (QED) is 0.262. The number of pyridine rings is 1. The number of nitrogens with one attached hydrogen (secondary N) is 1. The molecule has 7 rings (SSSR count). The lowest BCUT2D eigenvalue weighted by molar-refractivity contribution is 1.18. The normalized spacial score (nSPS) is 11.3. The summed E-state index contributed by atoms with van der Waals surface area (Å²) in [5.41, 5.74) is 8.79. The molecule has 5 aromatic carbocycles. The van der Waals surface area contributed by atoms with E-state index in [0.29, 0.717) is 0 Å². The summed E-state index contributed by atoms with van der Waals surface area (Å²) in [6.07, 6.45) is 3.79. The Hall–Kier alpha value is -5.15. The lowest BCUT2D eigenvalue weighted by Crippen LogP contribution is -1.95. The number of nitrogens with zero attached hydrogens (tertiary/aromatic N) is 2. The molecule has 0 saturated carbocycles. The van der Waals surface area contributed by atoms with E-state index in [-0.39, 0.29) is 0 Å². The van der Waals surface area contributed by atoms with Crippen molar-refractivity contribution >= 4 is 50.0 Å². The minimum absolute atomic E-state index is 0.976. The molecule has 3 nitrogen and oxygen atoms in total. The Bertz CT molecular complexity index is 1930. The molecule has 1 N–H and O–H groups in total. The average Bonchev–Trinajstić information content (AvgIpc) is 3.30. The van der Waals surface area contributed by atoms with Crippen LogP contribution in [0.3, 0.4) is 0 Å². The minimum atomic E-state index is 0.976. The van der Waals surface area contributed by atoms with Gasteiger partial charge in [0.05, 0.1) is 16.7 Å². The average molecular weight is 488 g/mol. The standard InChI is InChI=1S/C35H25N3/c1-2-28-30-23-31-29-12-6-7-14-34(29)38(27-18-15-24(16-19-27)32-13-8-9-21-36-32)35(31)22-25(30)17-20-33(28)37-26-10-4-3-5-11-26/h2-23,37H,1H2. The minimum Gasteiger partial charge on any atom is -0.355 e. The number of hydrogen-bond acceptors (Lipinski definition) is 2. The summed E-state index contributed by atoms with van der Waals surface area (Å²) in [4.78, 5) is 4.51. The third-order valence-electron chi connectivity index (χ3n) is 7.20. The lowest BCUT2D eigenvalue weighted by Gasteiger charge is -2.14. The molecule has 0 amide bonds. The summed E-state index contributed by atoms with van der Waals surface area (Å²) in [6, 6.07) is 42.5. The molecule has 3 heteroatoms. The van der Waals surface area contributed by atoms with E-state index in [1.165, 1.54) is 32.6 Å². The third kappa shape index (κ3) is 3.64. The summed E-state index contributed by atoms with van der Waals surface area (Å²) in [5.74, 6) is 0. The van der Waals surface area contributed by atoms with Crippen molar-refractivity contribution in [3.05, 3.63) is 140 Å². The molecule has 0 aliphatic heterocycles. The first kappa shape index (κ1) is 22.1. The smallest absolute Gasteiger partial charge is 0.0701 e. The molecule has 0 bridgehead atoms. The molecule has 180 valence electrons. The van der Waals surface area contributed by atoms with Crippen molar-refractivity contribution in [3.8, 4) is 16.9 Å². The zero-order valence-corrected chi connectivity index (χ0v) is 20.8. The monoisotopic (exact) mass is 487 g/mol. The second-order valence-electron chi connectivity index (χ2n) is 9.43. The molecular formula is C35H25N3. The fourth-order valence-corrected chi connectivity index (χ4v) is 5.41. The van der Waals surface area contributed by atoms with E-state index in [0.717, 1.165) is 33.9 Å². The Morgan fingerprint density at radius 2 is 1.45 bits per heavy atom. The second-order valence-corrected chi connectivity index (χ2v) is 9.43. The van der Waals surface area contributed by atoms with Gasteiger partial charge in [-0.1, -0.05) is 73.3 Å². The predicted molar refractivity (Wildman–Crippen MR) is 161 cm³/mol. The van der Waals surface area contributed by atoms with Crippen LogP contribution in [0.15, 0.2) is 134 Å².